The van der Waals surface area contributed by atoms with Gasteiger partial charge in [0.1, 0.15) is 0 Å². The monoisotopic (exact) mass is 506 g/mol. The van der Waals surface area contributed by atoms with Crippen molar-refractivity contribution in [1.82, 2.24) is 25.7 Å². The minimum Gasteiger partial charge on any atom is -0.373 e. The van der Waals surface area contributed by atoms with E-state index in [9.17, 15) is 22.8 Å². The van der Waals surface area contributed by atoms with E-state index < -0.39 is 30.2 Å². The smallest absolute Gasteiger partial charge is 0.373 e. The second-order valence-corrected chi connectivity index (χ2v) is 8.93. The van der Waals surface area contributed by atoms with E-state index in [2.05, 4.69) is 15.4 Å². The molecule has 2 amide bonds. The summed E-state index contributed by atoms with van der Waals surface area (Å²) in [5.41, 5.74) is 4.41. The number of carbonyl (C=O) groups excluding carboxylic acids is 2. The Morgan fingerprint density at radius 2 is 1.85 bits per heavy atom. The van der Waals surface area contributed by atoms with E-state index in [1.807, 2.05) is 10.3 Å². The fourth-order valence-electron chi connectivity index (χ4n) is 4.35. The highest BCUT2D eigenvalue weighted by Crippen LogP contribution is 2.32. The largest absolute Gasteiger partial charge is 0.403 e. The highest BCUT2D eigenvalue weighted by molar-refractivity contribution is 6.30. The Morgan fingerprint density at radius 1 is 1.18 bits per heavy atom. The first-order valence-corrected chi connectivity index (χ1v) is 11.5. The molecule has 188 valence electrons. The quantitative estimate of drug-likeness (QED) is 0.586. The first-order valence-electron chi connectivity index (χ1n) is 11.1. The Balaban J connectivity index is 1.19. The van der Waals surface area contributed by atoms with Crippen LogP contribution in [0.2, 0.25) is 5.02 Å². The molecule has 4 atom stereocenters. The lowest BCUT2D eigenvalue weighted by Crippen LogP contribution is -2.60. The van der Waals surface area contributed by atoms with Gasteiger partial charge in [0.05, 0.1) is 48.8 Å². The molecule has 0 spiro atoms. The maximum absolute atomic E-state index is 13.2. The summed E-state index contributed by atoms with van der Waals surface area (Å²) in [7, 11) is 0. The lowest BCUT2D eigenvalue weighted by molar-refractivity contribution is -0.215. The summed E-state index contributed by atoms with van der Waals surface area (Å²) >= 11 is 5.82. The average molecular weight is 507 g/mol. The number of hydrogen-bond donors (Lipinski definition) is 2. The van der Waals surface area contributed by atoms with E-state index in [0.717, 1.165) is 0 Å². The van der Waals surface area contributed by atoms with Crippen LogP contribution in [0.1, 0.15) is 19.3 Å². The number of aromatic nitrogens is 2. The standard InChI is InChI=1S/C20H26ClF3N6O4/c21-12-8-25-19(26-9-12)30-5-3-29(4-6-30)16(31)7-13-1-2-14(34-13)11-33-15-10-27-28-18(32)17(15)20(22,23)24/h8-9,13-15,17,27H,1-7,10-11H2,(H,28,32)/t13-,14-,15?,17?/m1/s1. The minimum absolute atomic E-state index is 0.0338. The first-order chi connectivity index (χ1) is 16.2. The number of halogens is 4. The summed E-state index contributed by atoms with van der Waals surface area (Å²) in [6.07, 6.45) is -2.32. The number of alkyl halides is 3. The van der Waals surface area contributed by atoms with Crippen LogP contribution < -0.4 is 15.8 Å². The van der Waals surface area contributed by atoms with Gasteiger partial charge in [-0.3, -0.25) is 15.0 Å². The molecule has 4 heterocycles. The van der Waals surface area contributed by atoms with Gasteiger partial charge in [0, 0.05) is 32.7 Å². The molecule has 3 aliphatic rings. The molecule has 1 aromatic rings. The zero-order chi connectivity index (χ0) is 24.3. The van der Waals surface area contributed by atoms with Crippen molar-refractivity contribution in [2.75, 3.05) is 44.2 Å². The molecule has 3 saturated heterocycles. The van der Waals surface area contributed by atoms with Gasteiger partial charge in [0.15, 0.2) is 5.92 Å². The third-order valence-corrected chi connectivity index (χ3v) is 6.33. The van der Waals surface area contributed by atoms with Crippen molar-refractivity contribution in [2.24, 2.45) is 5.92 Å². The molecule has 0 bridgehead atoms. The van der Waals surface area contributed by atoms with Crippen LogP contribution in [0.15, 0.2) is 12.4 Å². The van der Waals surface area contributed by atoms with Crippen LogP contribution in [0.3, 0.4) is 0 Å². The number of ether oxygens (including phenoxy) is 2. The first kappa shape index (κ1) is 24.9. The number of hydrogen-bond acceptors (Lipinski definition) is 8. The SMILES string of the molecule is O=C1NNCC(OC[C@H]2CC[C@H](CC(=O)N3CCN(c4ncc(Cl)cn4)CC3)O2)C1C(F)(F)F. The number of nitrogens with one attached hydrogen (secondary N) is 2. The molecule has 0 aliphatic carbocycles. The maximum atomic E-state index is 13.2. The number of rotatable bonds is 6. The molecule has 34 heavy (non-hydrogen) atoms. The van der Waals surface area contributed by atoms with E-state index in [1.54, 1.807) is 4.90 Å². The molecular weight excluding hydrogens is 481 g/mol. The van der Waals surface area contributed by atoms with Gasteiger partial charge in [-0.2, -0.15) is 13.2 Å². The van der Waals surface area contributed by atoms with Crippen LogP contribution in [0.5, 0.6) is 0 Å². The lowest BCUT2D eigenvalue weighted by atomic mass is 9.99. The van der Waals surface area contributed by atoms with Gasteiger partial charge in [-0.1, -0.05) is 11.6 Å². The summed E-state index contributed by atoms with van der Waals surface area (Å²) in [5, 5.41) is 0.457. The second kappa shape index (κ2) is 10.6. The van der Waals surface area contributed by atoms with Crippen LogP contribution >= 0.6 is 11.6 Å². The van der Waals surface area contributed by atoms with Crippen molar-refractivity contribution in [3.05, 3.63) is 17.4 Å². The molecule has 2 unspecified atom stereocenters. The van der Waals surface area contributed by atoms with Crippen LogP contribution in [0.4, 0.5) is 19.1 Å². The van der Waals surface area contributed by atoms with Gasteiger partial charge in [0.25, 0.3) is 0 Å². The van der Waals surface area contributed by atoms with Gasteiger partial charge in [-0.15, -0.1) is 0 Å². The van der Waals surface area contributed by atoms with Crippen molar-refractivity contribution in [3.8, 4) is 0 Å². The van der Waals surface area contributed by atoms with Gasteiger partial charge in [0.2, 0.25) is 17.8 Å². The van der Waals surface area contributed by atoms with Crippen molar-refractivity contribution in [3.63, 3.8) is 0 Å². The summed E-state index contributed by atoms with van der Waals surface area (Å²) < 4.78 is 50.9. The van der Waals surface area contributed by atoms with Crippen molar-refractivity contribution >= 4 is 29.4 Å². The van der Waals surface area contributed by atoms with Crippen LogP contribution in [-0.2, 0) is 19.1 Å². The summed E-state index contributed by atoms with van der Waals surface area (Å²) in [6, 6.07) is 0. The molecule has 0 saturated carbocycles. The molecule has 0 aromatic carbocycles. The Morgan fingerprint density at radius 3 is 2.53 bits per heavy atom. The predicted octanol–water partition coefficient (Wildman–Crippen LogP) is 0.914. The minimum atomic E-state index is -4.70. The van der Waals surface area contributed by atoms with Gasteiger partial charge in [-0.25, -0.2) is 15.4 Å². The molecule has 4 rings (SSSR count). The van der Waals surface area contributed by atoms with Gasteiger partial charge in [-0.05, 0) is 12.8 Å². The maximum Gasteiger partial charge on any atom is 0.403 e. The molecule has 0 radical (unpaired) electrons. The van der Waals surface area contributed by atoms with Crippen molar-refractivity contribution in [1.29, 1.82) is 0 Å². The van der Waals surface area contributed by atoms with E-state index in [-0.39, 0.29) is 31.6 Å². The number of nitrogens with zero attached hydrogens (tertiary/aromatic N) is 4. The molecule has 1 aromatic heterocycles. The number of piperazine rings is 1. The molecular formula is C20H26ClF3N6O4. The topological polar surface area (TPSA) is 109 Å². The molecule has 3 fully saturated rings. The number of carbonyl (C=O) groups is 2. The third kappa shape index (κ3) is 6.06. The molecule has 10 nitrogen and oxygen atoms in total. The normalized spacial score (nSPS) is 28.2. The fourth-order valence-corrected chi connectivity index (χ4v) is 4.45. The van der Waals surface area contributed by atoms with Crippen molar-refractivity contribution in [2.45, 2.75) is 43.8 Å². The zero-order valence-corrected chi connectivity index (χ0v) is 19.0. The Kier molecular flexibility index (Phi) is 7.75. The van der Waals surface area contributed by atoms with E-state index in [0.29, 0.717) is 50.0 Å². The molecule has 14 heteroatoms. The number of anilines is 1. The number of amides is 2. The Bertz CT molecular complexity index is 869. The summed E-state index contributed by atoms with van der Waals surface area (Å²) in [5.74, 6) is -2.86. The van der Waals surface area contributed by atoms with Crippen molar-refractivity contribution < 1.29 is 32.2 Å². The average Bonchev–Trinajstić information content (AvgIpc) is 3.24. The van der Waals surface area contributed by atoms with Crippen LogP contribution in [0.25, 0.3) is 0 Å². The summed E-state index contributed by atoms with van der Waals surface area (Å²) in [6.45, 7) is 2.02. The predicted molar refractivity (Wildman–Crippen MR) is 114 cm³/mol. The highest BCUT2D eigenvalue weighted by Gasteiger charge is 2.52. The fraction of sp³-hybridized carbons (Fsp3) is 0.700. The second-order valence-electron chi connectivity index (χ2n) is 8.49. The van der Waals surface area contributed by atoms with Crippen LogP contribution in [-0.4, -0.2) is 90.5 Å². The van der Waals surface area contributed by atoms with E-state index in [1.165, 1.54) is 12.4 Å². The summed E-state index contributed by atoms with van der Waals surface area (Å²) in [4.78, 5) is 36.5. The van der Waals surface area contributed by atoms with Crippen LogP contribution in [0, 0.1) is 5.92 Å². The Hall–Kier alpha value is -2.22. The lowest BCUT2D eigenvalue weighted by Gasteiger charge is -2.35. The zero-order valence-electron chi connectivity index (χ0n) is 18.3. The van der Waals surface area contributed by atoms with Gasteiger partial charge < -0.3 is 19.3 Å². The number of hydrazine groups is 1. The highest BCUT2D eigenvalue weighted by atomic mass is 35.5. The Labute approximate surface area is 199 Å². The van der Waals surface area contributed by atoms with E-state index >= 15 is 0 Å². The third-order valence-electron chi connectivity index (χ3n) is 6.14. The van der Waals surface area contributed by atoms with E-state index in [4.69, 9.17) is 21.1 Å². The van der Waals surface area contributed by atoms with Gasteiger partial charge >= 0.3 is 6.18 Å². The molecule has 2 N–H and O–H groups in total. The molecule has 3 aliphatic heterocycles.